The third kappa shape index (κ3) is 2.95. The normalized spacial score (nSPS) is 22.7. The summed E-state index contributed by atoms with van der Waals surface area (Å²) >= 11 is 1.66. The quantitative estimate of drug-likeness (QED) is 0.699. The van der Waals surface area contributed by atoms with Gasteiger partial charge in [0, 0.05) is 25.9 Å². The highest BCUT2D eigenvalue weighted by molar-refractivity contribution is 8.00. The van der Waals surface area contributed by atoms with Crippen LogP contribution in [0.15, 0.2) is 0 Å². The molecule has 5 heteroatoms. The van der Waals surface area contributed by atoms with Crippen molar-refractivity contribution in [1.29, 1.82) is 0 Å². The lowest BCUT2D eigenvalue weighted by Gasteiger charge is -2.28. The highest BCUT2D eigenvalue weighted by Gasteiger charge is 2.24. The number of thioether (sulfide) groups is 1. The van der Waals surface area contributed by atoms with Crippen LogP contribution in [-0.2, 0) is 14.3 Å². The van der Waals surface area contributed by atoms with Gasteiger partial charge in [-0.3, -0.25) is 9.59 Å². The second kappa shape index (κ2) is 4.99. The van der Waals surface area contributed by atoms with Gasteiger partial charge in [-0.1, -0.05) is 0 Å². The maximum Gasteiger partial charge on any atom is 0.232 e. The predicted molar refractivity (Wildman–Crippen MR) is 57.9 cm³/mol. The van der Waals surface area contributed by atoms with Crippen molar-refractivity contribution in [2.24, 2.45) is 0 Å². The summed E-state index contributed by atoms with van der Waals surface area (Å²) in [5.74, 6) is 0.973. The van der Waals surface area contributed by atoms with Crippen LogP contribution in [0.4, 0.5) is 0 Å². The molecule has 15 heavy (non-hydrogen) atoms. The lowest BCUT2D eigenvalue weighted by Crippen LogP contribution is -2.40. The van der Waals surface area contributed by atoms with Crippen molar-refractivity contribution < 1.29 is 14.3 Å². The van der Waals surface area contributed by atoms with Crippen LogP contribution in [0.1, 0.15) is 12.8 Å². The number of amides is 1. The van der Waals surface area contributed by atoms with Crippen LogP contribution in [-0.4, -0.2) is 53.9 Å². The molecule has 0 aromatic rings. The molecule has 2 heterocycles. The zero-order valence-electron chi connectivity index (χ0n) is 8.61. The number of nitrogens with zero attached hydrogens (tertiary/aromatic N) is 1. The zero-order chi connectivity index (χ0) is 10.7. The van der Waals surface area contributed by atoms with Crippen LogP contribution in [0, 0.1) is 0 Å². The van der Waals surface area contributed by atoms with E-state index in [1.165, 1.54) is 0 Å². The molecule has 0 aromatic heterocycles. The van der Waals surface area contributed by atoms with Crippen LogP contribution in [0.3, 0.4) is 0 Å². The second-order valence-corrected chi connectivity index (χ2v) is 5.18. The summed E-state index contributed by atoms with van der Waals surface area (Å²) in [5, 5.41) is 0.500. The first kappa shape index (κ1) is 11.0. The van der Waals surface area contributed by atoms with Gasteiger partial charge in [0.05, 0.1) is 24.2 Å². The van der Waals surface area contributed by atoms with Gasteiger partial charge in [-0.15, -0.1) is 11.8 Å². The molecular formula is C10H15NO3S. The molecule has 2 aliphatic heterocycles. The molecule has 2 aliphatic rings. The van der Waals surface area contributed by atoms with Gasteiger partial charge in [-0.05, 0) is 0 Å². The highest BCUT2D eigenvalue weighted by atomic mass is 32.2. The molecule has 0 radical (unpaired) electrons. The first-order valence-corrected chi connectivity index (χ1v) is 6.29. The Bertz CT molecular complexity index is 255. The topological polar surface area (TPSA) is 46.6 Å². The molecule has 0 N–H and O–H groups in total. The minimum absolute atomic E-state index is 0.166. The molecule has 0 unspecified atom stereocenters. The van der Waals surface area contributed by atoms with Gasteiger partial charge < -0.3 is 9.64 Å². The highest BCUT2D eigenvalue weighted by Crippen LogP contribution is 2.19. The maximum atomic E-state index is 11.7. The van der Waals surface area contributed by atoms with E-state index in [-0.39, 0.29) is 11.7 Å². The summed E-state index contributed by atoms with van der Waals surface area (Å²) in [5.41, 5.74) is 0. The third-order valence-corrected chi connectivity index (χ3v) is 3.88. The smallest absolute Gasteiger partial charge is 0.232 e. The Morgan fingerprint density at radius 3 is 2.60 bits per heavy atom. The van der Waals surface area contributed by atoms with E-state index in [2.05, 4.69) is 0 Å². The first-order chi connectivity index (χ1) is 7.25. The van der Waals surface area contributed by atoms with E-state index in [4.69, 9.17) is 4.74 Å². The second-order valence-electron chi connectivity index (χ2n) is 3.89. The molecule has 0 spiro atoms. The Morgan fingerprint density at radius 2 is 2.07 bits per heavy atom. The number of piperidine rings is 1. The number of carbonyl (C=O) groups excluding carboxylic acids is 2. The van der Waals surface area contributed by atoms with E-state index in [0.717, 1.165) is 13.2 Å². The lowest BCUT2D eigenvalue weighted by molar-refractivity contribution is -0.132. The van der Waals surface area contributed by atoms with Gasteiger partial charge in [0.25, 0.3) is 0 Å². The minimum atomic E-state index is 0.166. The molecule has 2 rings (SSSR count). The van der Waals surface area contributed by atoms with Crippen molar-refractivity contribution in [3.05, 3.63) is 0 Å². The summed E-state index contributed by atoms with van der Waals surface area (Å²) in [6, 6.07) is 0. The predicted octanol–water partition coefficient (Wildman–Crippen LogP) is 0.310. The summed E-state index contributed by atoms with van der Waals surface area (Å²) in [6.45, 7) is 2.77. The largest absolute Gasteiger partial charge is 0.379 e. The summed E-state index contributed by atoms with van der Waals surface area (Å²) in [6.07, 6.45) is 1.06. The van der Waals surface area contributed by atoms with Crippen molar-refractivity contribution in [1.82, 2.24) is 4.90 Å². The van der Waals surface area contributed by atoms with Crippen molar-refractivity contribution in [3.63, 3.8) is 0 Å². The summed E-state index contributed by atoms with van der Waals surface area (Å²) < 4.78 is 5.04. The number of likely N-dealkylation sites (tertiary alicyclic amines) is 1. The van der Waals surface area contributed by atoms with Crippen LogP contribution < -0.4 is 0 Å². The molecule has 0 aromatic carbocycles. The van der Waals surface area contributed by atoms with Crippen LogP contribution in [0.2, 0.25) is 0 Å². The molecule has 0 bridgehead atoms. The average Bonchev–Trinajstić information content (AvgIpc) is 2.16. The van der Waals surface area contributed by atoms with E-state index in [1.54, 1.807) is 16.7 Å². The fourth-order valence-electron chi connectivity index (χ4n) is 1.60. The van der Waals surface area contributed by atoms with Crippen molar-refractivity contribution in [3.8, 4) is 0 Å². The number of ether oxygens (including phenoxy) is 1. The SMILES string of the molecule is O=C1CCN(C(=O)CSC2COC2)CC1. The standard InChI is InChI=1S/C10H15NO3S/c12-8-1-3-11(4-2-8)10(13)7-15-9-5-14-6-9/h9H,1-7H2. The fourth-order valence-corrected chi connectivity index (χ4v) is 2.54. The van der Waals surface area contributed by atoms with Gasteiger partial charge in [0.15, 0.2) is 0 Å². The number of hydrogen-bond donors (Lipinski definition) is 0. The van der Waals surface area contributed by atoms with Crippen LogP contribution in [0.25, 0.3) is 0 Å². The molecule has 2 fully saturated rings. The van der Waals surface area contributed by atoms with Crippen molar-refractivity contribution in [2.75, 3.05) is 32.1 Å². The van der Waals surface area contributed by atoms with Crippen molar-refractivity contribution in [2.45, 2.75) is 18.1 Å². The number of ketones is 1. The van der Waals surface area contributed by atoms with Gasteiger partial charge in [0.2, 0.25) is 5.91 Å². The Morgan fingerprint density at radius 1 is 1.40 bits per heavy atom. The van der Waals surface area contributed by atoms with Crippen molar-refractivity contribution >= 4 is 23.5 Å². The molecule has 0 saturated carbocycles. The lowest BCUT2D eigenvalue weighted by atomic mass is 10.1. The number of Topliss-reactive ketones (excluding diaryl/α,β-unsaturated/α-hetero) is 1. The van der Waals surface area contributed by atoms with E-state index >= 15 is 0 Å². The fraction of sp³-hybridized carbons (Fsp3) is 0.800. The molecular weight excluding hydrogens is 214 g/mol. The van der Waals surface area contributed by atoms with Gasteiger partial charge in [0.1, 0.15) is 5.78 Å². The molecule has 0 atom stereocenters. The molecule has 4 nitrogen and oxygen atoms in total. The molecule has 0 aliphatic carbocycles. The minimum Gasteiger partial charge on any atom is -0.379 e. The zero-order valence-corrected chi connectivity index (χ0v) is 9.42. The summed E-state index contributed by atoms with van der Waals surface area (Å²) in [7, 11) is 0. The summed E-state index contributed by atoms with van der Waals surface area (Å²) in [4.78, 5) is 24.5. The number of rotatable bonds is 3. The van der Waals surface area contributed by atoms with E-state index in [9.17, 15) is 9.59 Å². The van der Waals surface area contributed by atoms with E-state index in [1.807, 2.05) is 0 Å². The van der Waals surface area contributed by atoms with E-state index in [0.29, 0.717) is 36.9 Å². The van der Waals surface area contributed by atoms with Crippen LogP contribution >= 0.6 is 11.8 Å². The Kier molecular flexibility index (Phi) is 3.64. The van der Waals surface area contributed by atoms with Crippen LogP contribution in [0.5, 0.6) is 0 Å². The van der Waals surface area contributed by atoms with Gasteiger partial charge in [-0.25, -0.2) is 0 Å². The molecule has 1 amide bonds. The number of hydrogen-bond acceptors (Lipinski definition) is 4. The average molecular weight is 229 g/mol. The van der Waals surface area contributed by atoms with Gasteiger partial charge in [-0.2, -0.15) is 0 Å². The molecule has 84 valence electrons. The molecule has 2 saturated heterocycles. The number of carbonyl (C=O) groups is 2. The monoisotopic (exact) mass is 229 g/mol. The van der Waals surface area contributed by atoms with Gasteiger partial charge >= 0.3 is 0 Å². The maximum absolute atomic E-state index is 11.7. The Balaban J connectivity index is 1.68. The third-order valence-electron chi connectivity index (χ3n) is 2.72. The first-order valence-electron chi connectivity index (χ1n) is 5.24. The Labute approximate surface area is 93.3 Å². The van der Waals surface area contributed by atoms with E-state index < -0.39 is 0 Å². The Hall–Kier alpha value is -0.550.